The lowest BCUT2D eigenvalue weighted by Gasteiger charge is -1.93. The van der Waals surface area contributed by atoms with Gasteiger partial charge in [-0.3, -0.25) is 4.98 Å². The first-order valence-electron chi connectivity index (χ1n) is 3.63. The van der Waals surface area contributed by atoms with Crippen molar-refractivity contribution in [2.24, 2.45) is 0 Å². The highest BCUT2D eigenvalue weighted by Gasteiger charge is 2.04. The van der Waals surface area contributed by atoms with Gasteiger partial charge in [0.2, 0.25) is 5.83 Å². The quantitative estimate of drug-likeness (QED) is 0.707. The molecule has 0 spiro atoms. The van der Waals surface area contributed by atoms with Gasteiger partial charge in [0.1, 0.15) is 0 Å². The molecule has 1 aromatic heterocycles. The Morgan fingerprint density at radius 3 is 2.77 bits per heavy atom. The van der Waals surface area contributed by atoms with Crippen LogP contribution in [0.25, 0.3) is 6.08 Å². The number of hydrogen-bond acceptors (Lipinski definition) is 2. The number of pyridine rings is 1. The van der Waals surface area contributed by atoms with Gasteiger partial charge >= 0.3 is 5.97 Å². The predicted octanol–water partition coefficient (Wildman–Crippen LogP) is 1.79. The third-order valence-electron chi connectivity index (χ3n) is 1.43. The lowest BCUT2D eigenvalue weighted by atomic mass is 10.2. The molecule has 1 N–H and O–H groups in total. The van der Waals surface area contributed by atoms with E-state index in [1.54, 1.807) is 19.1 Å². The van der Waals surface area contributed by atoms with Crippen molar-refractivity contribution in [3.63, 3.8) is 0 Å². The summed E-state index contributed by atoms with van der Waals surface area (Å²) in [7, 11) is 0. The lowest BCUT2D eigenvalue weighted by Crippen LogP contribution is -1.94. The fourth-order valence-electron chi connectivity index (χ4n) is 0.773. The highest BCUT2D eigenvalue weighted by atomic mass is 19.1. The van der Waals surface area contributed by atoms with Gasteiger partial charge in [0.15, 0.2) is 0 Å². The predicted molar refractivity (Wildman–Crippen MR) is 45.7 cm³/mol. The second-order valence-corrected chi connectivity index (χ2v) is 2.53. The monoisotopic (exact) mass is 181 g/mol. The third-order valence-corrected chi connectivity index (χ3v) is 1.43. The van der Waals surface area contributed by atoms with Crippen LogP contribution in [0.15, 0.2) is 24.2 Å². The zero-order valence-corrected chi connectivity index (χ0v) is 6.99. The smallest absolute Gasteiger partial charge is 0.364 e. The molecule has 3 nitrogen and oxygen atoms in total. The maximum Gasteiger partial charge on any atom is 0.364 e. The molecule has 68 valence electrons. The number of halogens is 1. The van der Waals surface area contributed by atoms with Crippen molar-refractivity contribution < 1.29 is 14.3 Å². The maximum absolute atomic E-state index is 12.5. The summed E-state index contributed by atoms with van der Waals surface area (Å²) >= 11 is 0. The summed E-state index contributed by atoms with van der Waals surface area (Å²) in [5.41, 5.74) is 1.23. The Balaban J connectivity index is 2.92. The Morgan fingerprint density at radius 1 is 1.62 bits per heavy atom. The van der Waals surface area contributed by atoms with E-state index in [-0.39, 0.29) is 0 Å². The van der Waals surface area contributed by atoms with Crippen LogP contribution >= 0.6 is 0 Å². The number of aliphatic carboxylic acids is 1. The van der Waals surface area contributed by atoms with E-state index in [2.05, 4.69) is 4.98 Å². The van der Waals surface area contributed by atoms with Crippen LogP contribution in [0, 0.1) is 6.92 Å². The third kappa shape index (κ3) is 2.66. The molecule has 0 aliphatic rings. The van der Waals surface area contributed by atoms with Gasteiger partial charge in [0.25, 0.3) is 0 Å². The van der Waals surface area contributed by atoms with E-state index in [4.69, 9.17) is 5.11 Å². The first-order valence-corrected chi connectivity index (χ1v) is 3.63. The summed E-state index contributed by atoms with van der Waals surface area (Å²) < 4.78 is 12.5. The Hall–Kier alpha value is -1.71. The van der Waals surface area contributed by atoms with Crippen LogP contribution in [0.3, 0.4) is 0 Å². The summed E-state index contributed by atoms with van der Waals surface area (Å²) in [4.78, 5) is 14.0. The SMILES string of the molecule is Cc1ccc(/C=C(/F)C(=O)O)cn1. The van der Waals surface area contributed by atoms with E-state index in [1.165, 1.54) is 6.20 Å². The number of nitrogens with zero attached hydrogens (tertiary/aromatic N) is 1. The summed E-state index contributed by atoms with van der Waals surface area (Å²) in [6, 6.07) is 3.28. The van der Waals surface area contributed by atoms with Gasteiger partial charge in [-0.2, -0.15) is 4.39 Å². The van der Waals surface area contributed by atoms with Gasteiger partial charge in [-0.05, 0) is 24.6 Å². The molecule has 0 saturated heterocycles. The van der Waals surface area contributed by atoms with E-state index in [0.717, 1.165) is 11.8 Å². The van der Waals surface area contributed by atoms with Crippen LogP contribution in [0.1, 0.15) is 11.3 Å². The van der Waals surface area contributed by atoms with Crippen LogP contribution < -0.4 is 0 Å². The van der Waals surface area contributed by atoms with Gasteiger partial charge in [-0.1, -0.05) is 6.07 Å². The van der Waals surface area contributed by atoms with E-state index in [0.29, 0.717) is 5.56 Å². The zero-order chi connectivity index (χ0) is 9.84. The first kappa shape index (κ1) is 9.38. The summed E-state index contributed by atoms with van der Waals surface area (Å²) in [5, 5.41) is 8.23. The number of hydrogen-bond donors (Lipinski definition) is 1. The average molecular weight is 181 g/mol. The number of carboxylic acids is 1. The van der Waals surface area contributed by atoms with Gasteiger partial charge in [-0.25, -0.2) is 4.79 Å². The molecule has 0 unspecified atom stereocenters. The van der Waals surface area contributed by atoms with Crippen LogP contribution in [-0.4, -0.2) is 16.1 Å². The molecule has 0 saturated carbocycles. The molecule has 0 bridgehead atoms. The Bertz CT molecular complexity index is 343. The van der Waals surface area contributed by atoms with Gasteiger partial charge < -0.3 is 5.11 Å². The minimum atomic E-state index is -1.57. The second-order valence-electron chi connectivity index (χ2n) is 2.53. The summed E-state index contributed by atoms with van der Waals surface area (Å²) in [5.74, 6) is -2.76. The highest BCUT2D eigenvalue weighted by molar-refractivity contribution is 5.89. The number of aromatic nitrogens is 1. The molecular formula is C9H8FNO2. The normalized spacial score (nSPS) is 11.4. The minimum Gasteiger partial charge on any atom is -0.476 e. The van der Waals surface area contributed by atoms with Crippen LogP contribution in [0.5, 0.6) is 0 Å². The molecule has 0 fully saturated rings. The molecule has 0 aliphatic carbocycles. The molecular weight excluding hydrogens is 173 g/mol. The molecule has 1 rings (SSSR count). The Labute approximate surface area is 74.5 Å². The molecule has 0 aromatic carbocycles. The summed E-state index contributed by atoms with van der Waals surface area (Å²) in [6.45, 7) is 1.79. The molecule has 0 radical (unpaired) electrons. The molecule has 0 atom stereocenters. The zero-order valence-electron chi connectivity index (χ0n) is 6.99. The van der Waals surface area contributed by atoms with Gasteiger partial charge in [0, 0.05) is 11.9 Å². The van der Waals surface area contributed by atoms with E-state index in [9.17, 15) is 9.18 Å². The minimum absolute atomic E-state index is 0.436. The number of carbonyl (C=O) groups is 1. The fraction of sp³-hybridized carbons (Fsp3) is 0.111. The number of aryl methyl sites for hydroxylation is 1. The molecule has 4 heteroatoms. The molecule has 0 amide bonds. The lowest BCUT2D eigenvalue weighted by molar-refractivity contribution is -0.134. The largest absolute Gasteiger partial charge is 0.476 e. The summed E-state index contributed by atoms with van der Waals surface area (Å²) in [6.07, 6.45) is 2.34. The topological polar surface area (TPSA) is 50.2 Å². The maximum atomic E-state index is 12.5. The number of rotatable bonds is 2. The first-order chi connectivity index (χ1) is 6.09. The van der Waals surface area contributed by atoms with Crippen molar-refractivity contribution in [2.75, 3.05) is 0 Å². The van der Waals surface area contributed by atoms with Crippen LogP contribution in [0.2, 0.25) is 0 Å². The van der Waals surface area contributed by atoms with Gasteiger partial charge in [0.05, 0.1) is 0 Å². The van der Waals surface area contributed by atoms with Gasteiger partial charge in [-0.15, -0.1) is 0 Å². The Kier molecular flexibility index (Phi) is 2.74. The van der Waals surface area contributed by atoms with E-state index < -0.39 is 11.8 Å². The average Bonchev–Trinajstić information content (AvgIpc) is 2.08. The van der Waals surface area contributed by atoms with Crippen molar-refractivity contribution in [3.8, 4) is 0 Å². The Morgan fingerprint density at radius 2 is 2.31 bits per heavy atom. The fourth-order valence-corrected chi connectivity index (χ4v) is 0.773. The van der Waals surface area contributed by atoms with E-state index >= 15 is 0 Å². The van der Waals surface area contributed by atoms with E-state index in [1.807, 2.05) is 0 Å². The molecule has 1 heterocycles. The van der Waals surface area contributed by atoms with Crippen molar-refractivity contribution >= 4 is 12.0 Å². The van der Waals surface area contributed by atoms with Crippen molar-refractivity contribution in [1.29, 1.82) is 0 Å². The van der Waals surface area contributed by atoms with Crippen LogP contribution in [-0.2, 0) is 4.79 Å². The van der Waals surface area contributed by atoms with Crippen molar-refractivity contribution in [3.05, 3.63) is 35.4 Å². The standard InChI is InChI=1S/C9H8FNO2/c1-6-2-3-7(5-11-6)4-8(10)9(12)13/h2-5H,1H3,(H,12,13)/b8-4+. The molecule has 13 heavy (non-hydrogen) atoms. The van der Waals surface area contributed by atoms with Crippen molar-refractivity contribution in [2.45, 2.75) is 6.92 Å². The molecule has 1 aromatic rings. The molecule has 0 aliphatic heterocycles. The number of carboxylic acid groups (broad SMARTS) is 1. The second kappa shape index (κ2) is 3.80. The highest BCUT2D eigenvalue weighted by Crippen LogP contribution is 2.07. The van der Waals surface area contributed by atoms with Crippen LogP contribution in [0.4, 0.5) is 4.39 Å². The van der Waals surface area contributed by atoms with Crippen molar-refractivity contribution in [1.82, 2.24) is 4.98 Å².